The van der Waals surface area contributed by atoms with Gasteiger partial charge >= 0.3 is 11.9 Å². The van der Waals surface area contributed by atoms with Gasteiger partial charge in [0, 0.05) is 0 Å². The molecule has 2 heterocycles. The number of unbranched alkanes of at least 4 members (excludes halogenated alkanes) is 1. The number of thioether (sulfide) groups is 1. The molecule has 0 bridgehead atoms. The molecule has 3 rings (SSSR count). The average molecular weight is 461 g/mol. The molecule has 2 atom stereocenters. The number of rotatable bonds is 8. The minimum Gasteiger partial charge on any atom is -0.497 e. The first-order valence-corrected chi connectivity index (χ1v) is 11.5. The maximum absolute atomic E-state index is 13.2. The van der Waals surface area contributed by atoms with Gasteiger partial charge < -0.3 is 19.9 Å². The summed E-state index contributed by atoms with van der Waals surface area (Å²) in [4.78, 5) is 40.5. The van der Waals surface area contributed by atoms with E-state index in [1.54, 1.807) is 38.1 Å². The highest BCUT2D eigenvalue weighted by atomic mass is 32.2. The number of ether oxygens (including phenoxy) is 3. The molecule has 0 spiro atoms. The van der Waals surface area contributed by atoms with Crippen molar-refractivity contribution >= 4 is 29.6 Å². The van der Waals surface area contributed by atoms with Gasteiger partial charge in [0.25, 0.3) is 0 Å². The van der Waals surface area contributed by atoms with Crippen molar-refractivity contribution in [2.45, 2.75) is 44.8 Å². The normalized spacial score (nSPS) is 20.4. The molecule has 1 aromatic carbocycles. The summed E-state index contributed by atoms with van der Waals surface area (Å²) in [5.74, 6) is -1.91. The van der Waals surface area contributed by atoms with Gasteiger partial charge in [0.1, 0.15) is 11.6 Å². The number of benzene rings is 1. The van der Waals surface area contributed by atoms with E-state index in [4.69, 9.17) is 19.9 Å². The van der Waals surface area contributed by atoms with Gasteiger partial charge in [-0.1, -0.05) is 37.2 Å². The van der Waals surface area contributed by atoms with Crippen LogP contribution in [0.25, 0.3) is 0 Å². The monoisotopic (exact) mass is 460 g/mol. The average Bonchev–Trinajstić information content (AvgIpc) is 3.08. The van der Waals surface area contributed by atoms with E-state index in [0.717, 1.165) is 6.42 Å². The second-order valence-electron chi connectivity index (χ2n) is 7.37. The Balaban J connectivity index is 2.23. The van der Waals surface area contributed by atoms with Crippen LogP contribution in [-0.4, -0.2) is 48.3 Å². The molecular formula is C23H28N2O6S. The van der Waals surface area contributed by atoms with Crippen LogP contribution in [0.2, 0.25) is 0 Å². The second kappa shape index (κ2) is 10.1. The summed E-state index contributed by atoms with van der Waals surface area (Å²) in [5, 5.41) is -0.0780. The van der Waals surface area contributed by atoms with Crippen LogP contribution in [0.15, 0.2) is 46.3 Å². The Morgan fingerprint density at radius 1 is 1.16 bits per heavy atom. The third-order valence-electron chi connectivity index (χ3n) is 5.26. The van der Waals surface area contributed by atoms with Gasteiger partial charge in [-0.15, -0.1) is 0 Å². The minimum atomic E-state index is -0.866. The van der Waals surface area contributed by atoms with Crippen molar-refractivity contribution in [1.82, 2.24) is 4.90 Å². The van der Waals surface area contributed by atoms with Crippen molar-refractivity contribution in [3.8, 4) is 5.75 Å². The Labute approximate surface area is 191 Å². The molecule has 1 aromatic rings. The highest BCUT2D eigenvalue weighted by Gasteiger charge is 2.49. The molecule has 0 aliphatic carbocycles. The van der Waals surface area contributed by atoms with Crippen molar-refractivity contribution in [3.05, 3.63) is 51.8 Å². The molecule has 0 aromatic heterocycles. The highest BCUT2D eigenvalue weighted by molar-refractivity contribution is 8.04. The third kappa shape index (κ3) is 4.34. The molecule has 0 unspecified atom stereocenters. The van der Waals surface area contributed by atoms with Crippen molar-refractivity contribution in [2.24, 2.45) is 5.73 Å². The lowest BCUT2D eigenvalue weighted by atomic mass is 9.82. The predicted octanol–water partition coefficient (Wildman–Crippen LogP) is 3.04. The number of hydrogen-bond acceptors (Lipinski definition) is 8. The van der Waals surface area contributed by atoms with Crippen LogP contribution >= 0.6 is 11.8 Å². The molecule has 1 amide bonds. The number of esters is 2. The quantitative estimate of drug-likeness (QED) is 0.466. The molecule has 9 heteroatoms. The standard InChI is InChI=1S/C23H28N2O6S/c1-5-7-11-31-22(27)17-16(14-9-8-10-15(12-14)29-4)18(23(28)30-6-2)21-25(19(17)24)20(26)13(3)32-21/h8-10,12-13,16H,5-7,11,24H2,1-4H3/t13-,16-/m1/s1. The van der Waals surface area contributed by atoms with E-state index in [1.807, 2.05) is 6.92 Å². The molecule has 32 heavy (non-hydrogen) atoms. The fourth-order valence-electron chi connectivity index (χ4n) is 3.68. The van der Waals surface area contributed by atoms with E-state index in [9.17, 15) is 14.4 Å². The topological polar surface area (TPSA) is 108 Å². The van der Waals surface area contributed by atoms with Gasteiger partial charge in [-0.3, -0.25) is 9.69 Å². The first-order chi connectivity index (χ1) is 15.3. The summed E-state index contributed by atoms with van der Waals surface area (Å²) in [6.45, 7) is 5.76. The van der Waals surface area contributed by atoms with Gasteiger partial charge in [-0.05, 0) is 38.0 Å². The van der Waals surface area contributed by atoms with Gasteiger partial charge in [0.2, 0.25) is 5.91 Å². The predicted molar refractivity (Wildman–Crippen MR) is 120 cm³/mol. The zero-order chi connectivity index (χ0) is 23.4. The van der Waals surface area contributed by atoms with Crippen LogP contribution in [0, 0.1) is 0 Å². The largest absolute Gasteiger partial charge is 0.497 e. The van der Waals surface area contributed by atoms with Gasteiger partial charge in [-0.25, -0.2) is 9.59 Å². The molecule has 0 saturated carbocycles. The van der Waals surface area contributed by atoms with Crippen molar-refractivity contribution in [1.29, 1.82) is 0 Å². The van der Waals surface area contributed by atoms with Gasteiger partial charge in [0.15, 0.2) is 0 Å². The molecule has 2 aliphatic rings. The summed E-state index contributed by atoms with van der Waals surface area (Å²) in [5.41, 5.74) is 7.26. The third-order valence-corrected chi connectivity index (χ3v) is 6.44. The smallest absolute Gasteiger partial charge is 0.338 e. The summed E-state index contributed by atoms with van der Waals surface area (Å²) in [6.07, 6.45) is 1.53. The molecule has 8 nitrogen and oxygen atoms in total. The van der Waals surface area contributed by atoms with E-state index < -0.39 is 23.1 Å². The SMILES string of the molecule is CCCCOC(=O)C1=C(N)N2C(=O)[C@@H](C)SC2=C(C(=O)OCC)[C@@H]1c1cccc(OC)c1. The Hall–Kier alpha value is -2.94. The Bertz CT molecular complexity index is 986. The summed E-state index contributed by atoms with van der Waals surface area (Å²) in [7, 11) is 1.53. The van der Waals surface area contributed by atoms with Crippen LogP contribution in [0.3, 0.4) is 0 Å². The number of carbonyl (C=O) groups excluding carboxylic acids is 3. The van der Waals surface area contributed by atoms with Crippen LogP contribution in [-0.2, 0) is 23.9 Å². The van der Waals surface area contributed by atoms with E-state index in [-0.39, 0.29) is 36.1 Å². The first kappa shape index (κ1) is 23.7. The molecule has 1 fully saturated rings. The number of methoxy groups -OCH3 is 1. The molecule has 172 valence electrons. The molecule has 1 saturated heterocycles. The fraction of sp³-hybridized carbons (Fsp3) is 0.435. The maximum Gasteiger partial charge on any atom is 0.338 e. The summed E-state index contributed by atoms with van der Waals surface area (Å²) in [6, 6.07) is 7.04. The Kier molecular flexibility index (Phi) is 7.50. The van der Waals surface area contributed by atoms with Crippen molar-refractivity contribution in [3.63, 3.8) is 0 Å². The minimum absolute atomic E-state index is 0.0239. The van der Waals surface area contributed by atoms with Crippen molar-refractivity contribution < 1.29 is 28.6 Å². The number of fused-ring (bicyclic) bond motifs is 1. The van der Waals surface area contributed by atoms with Gasteiger partial charge in [-0.2, -0.15) is 0 Å². The Morgan fingerprint density at radius 2 is 1.88 bits per heavy atom. The van der Waals surface area contributed by atoms with E-state index in [2.05, 4.69) is 0 Å². The van der Waals surface area contributed by atoms with Gasteiger partial charge in [0.05, 0.1) is 47.7 Å². The lowest BCUT2D eigenvalue weighted by molar-refractivity contribution is -0.140. The molecular weight excluding hydrogens is 432 g/mol. The maximum atomic E-state index is 13.2. The zero-order valence-electron chi connectivity index (χ0n) is 18.7. The molecule has 0 radical (unpaired) electrons. The van der Waals surface area contributed by atoms with Crippen LogP contribution in [0.4, 0.5) is 0 Å². The summed E-state index contributed by atoms with van der Waals surface area (Å²) >= 11 is 1.22. The number of carbonyl (C=O) groups is 3. The van der Waals surface area contributed by atoms with Crippen molar-refractivity contribution in [2.75, 3.05) is 20.3 Å². The fourth-order valence-corrected chi connectivity index (χ4v) is 4.84. The van der Waals surface area contributed by atoms with Crippen LogP contribution in [0.5, 0.6) is 5.75 Å². The summed E-state index contributed by atoms with van der Waals surface area (Å²) < 4.78 is 16.2. The highest BCUT2D eigenvalue weighted by Crippen LogP contribution is 2.50. The molecule has 2 N–H and O–H groups in total. The lowest BCUT2D eigenvalue weighted by Crippen LogP contribution is -2.40. The van der Waals surface area contributed by atoms with Crippen LogP contribution < -0.4 is 10.5 Å². The number of hydrogen-bond donors (Lipinski definition) is 1. The van der Waals surface area contributed by atoms with E-state index >= 15 is 0 Å². The second-order valence-corrected chi connectivity index (χ2v) is 8.70. The van der Waals surface area contributed by atoms with E-state index in [0.29, 0.717) is 22.8 Å². The Morgan fingerprint density at radius 3 is 2.53 bits per heavy atom. The lowest BCUT2D eigenvalue weighted by Gasteiger charge is -2.33. The number of amides is 1. The van der Waals surface area contributed by atoms with Crippen LogP contribution in [0.1, 0.15) is 45.1 Å². The van der Waals surface area contributed by atoms with E-state index in [1.165, 1.54) is 23.8 Å². The molecule has 2 aliphatic heterocycles. The number of nitrogens with two attached hydrogens (primary N) is 1. The zero-order valence-corrected chi connectivity index (χ0v) is 19.5. The first-order valence-electron chi connectivity index (χ1n) is 10.6. The number of nitrogens with zero attached hydrogens (tertiary/aromatic N) is 1.